The van der Waals surface area contributed by atoms with E-state index in [1.807, 2.05) is 55.1 Å². The zero-order valence-electron chi connectivity index (χ0n) is 21.9. The van der Waals surface area contributed by atoms with Gasteiger partial charge in [0, 0.05) is 36.7 Å². The lowest BCUT2D eigenvalue weighted by molar-refractivity contribution is -0.135. The molecule has 1 aliphatic heterocycles. The van der Waals surface area contributed by atoms with Crippen molar-refractivity contribution >= 4 is 11.9 Å². The number of rotatable bonds is 9. The molecule has 2 aliphatic rings. The fourth-order valence-corrected chi connectivity index (χ4v) is 5.57. The normalized spacial score (nSPS) is 19.1. The van der Waals surface area contributed by atoms with Crippen molar-refractivity contribution in [1.82, 2.24) is 15.5 Å². The minimum absolute atomic E-state index is 0.0135. The number of carbonyl (C=O) groups excluding carboxylic acids is 2. The topological polar surface area (TPSA) is 90.9 Å². The van der Waals surface area contributed by atoms with Crippen LogP contribution in [0.3, 0.4) is 0 Å². The van der Waals surface area contributed by atoms with Gasteiger partial charge in [-0.1, -0.05) is 56.7 Å². The van der Waals surface area contributed by atoms with E-state index in [2.05, 4.69) is 24.5 Å². The molecule has 1 atom stereocenters. The number of fused-ring (bicyclic) bond motifs is 1. The summed E-state index contributed by atoms with van der Waals surface area (Å²) >= 11 is 0. The van der Waals surface area contributed by atoms with E-state index < -0.39 is 11.0 Å². The lowest BCUT2D eigenvalue weighted by atomic mass is 9.74. The summed E-state index contributed by atoms with van der Waals surface area (Å²) in [5.74, 6) is 0.379. The first-order valence-corrected chi connectivity index (χ1v) is 13.0. The number of morpholine rings is 1. The molecule has 0 radical (unpaired) electrons. The third kappa shape index (κ3) is 5.07. The van der Waals surface area contributed by atoms with Crippen molar-refractivity contribution in [1.29, 1.82) is 0 Å². The van der Waals surface area contributed by atoms with Gasteiger partial charge in [-0.3, -0.25) is 4.79 Å². The third-order valence-electron chi connectivity index (χ3n) is 7.50. The van der Waals surface area contributed by atoms with Crippen LogP contribution in [-0.2, 0) is 15.1 Å². The summed E-state index contributed by atoms with van der Waals surface area (Å²) in [4.78, 5) is 27.5. The highest BCUT2D eigenvalue weighted by Crippen LogP contribution is 2.65. The van der Waals surface area contributed by atoms with Gasteiger partial charge < -0.3 is 25.4 Å². The molecular weight excluding hydrogens is 454 g/mol. The second kappa shape index (κ2) is 10.5. The van der Waals surface area contributed by atoms with E-state index in [1.54, 1.807) is 6.07 Å². The van der Waals surface area contributed by atoms with Crippen LogP contribution in [0.2, 0.25) is 0 Å². The smallest absolute Gasteiger partial charge is 0.315 e. The van der Waals surface area contributed by atoms with E-state index in [1.165, 1.54) is 0 Å². The minimum atomic E-state index is -0.793. The van der Waals surface area contributed by atoms with Crippen molar-refractivity contribution in [2.45, 2.75) is 65.0 Å². The molecule has 0 saturated carbocycles. The number of phenols is 1. The summed E-state index contributed by atoms with van der Waals surface area (Å²) in [7, 11) is 0. The first-order chi connectivity index (χ1) is 17.2. The van der Waals surface area contributed by atoms with E-state index in [-0.39, 0.29) is 23.7 Å². The number of aromatic hydroxyl groups is 1. The van der Waals surface area contributed by atoms with Gasteiger partial charge in [0.15, 0.2) is 0 Å². The van der Waals surface area contributed by atoms with Crippen LogP contribution in [0.15, 0.2) is 42.5 Å². The monoisotopic (exact) mass is 493 g/mol. The number of nitrogens with one attached hydrogen (secondary N) is 2. The summed E-state index contributed by atoms with van der Waals surface area (Å²) < 4.78 is 5.35. The van der Waals surface area contributed by atoms with Crippen molar-refractivity contribution in [3.05, 3.63) is 53.6 Å². The molecule has 0 aromatic heterocycles. The largest absolute Gasteiger partial charge is 0.508 e. The molecule has 2 aromatic carbocycles. The number of hydrogen-bond donors (Lipinski definition) is 3. The summed E-state index contributed by atoms with van der Waals surface area (Å²) in [5, 5.41) is 17.1. The Labute approximate surface area is 214 Å². The Hall–Kier alpha value is -3.06. The lowest BCUT2D eigenvalue weighted by Crippen LogP contribution is -2.51. The first-order valence-electron chi connectivity index (χ1n) is 13.0. The fourth-order valence-electron chi connectivity index (χ4n) is 5.57. The zero-order chi connectivity index (χ0) is 25.9. The Morgan fingerprint density at radius 3 is 2.42 bits per heavy atom. The maximum absolute atomic E-state index is 13.0. The van der Waals surface area contributed by atoms with Crippen molar-refractivity contribution in [3.63, 3.8) is 0 Å². The number of phenolic OH excluding ortho intramolecular Hbond substituents is 1. The molecule has 1 saturated heterocycles. The lowest BCUT2D eigenvalue weighted by Gasteiger charge is -2.37. The fraction of sp³-hybridized carbons (Fsp3) is 0.517. The highest BCUT2D eigenvalue weighted by molar-refractivity contribution is 5.87. The van der Waals surface area contributed by atoms with Gasteiger partial charge in [-0.25, -0.2) is 4.79 Å². The molecule has 2 aromatic rings. The van der Waals surface area contributed by atoms with Gasteiger partial charge in [-0.15, -0.1) is 0 Å². The predicted molar refractivity (Wildman–Crippen MR) is 141 cm³/mol. The molecule has 0 bridgehead atoms. The van der Waals surface area contributed by atoms with Gasteiger partial charge in [-0.05, 0) is 49.3 Å². The maximum atomic E-state index is 13.0. The molecule has 3 amide bonds. The zero-order valence-corrected chi connectivity index (χ0v) is 21.9. The number of carbonyl (C=O) groups is 2. The Morgan fingerprint density at radius 1 is 1.06 bits per heavy atom. The second-order valence-electron chi connectivity index (χ2n) is 10.8. The number of urea groups is 1. The van der Waals surface area contributed by atoms with Gasteiger partial charge >= 0.3 is 6.03 Å². The van der Waals surface area contributed by atoms with Crippen molar-refractivity contribution in [3.8, 4) is 16.9 Å². The van der Waals surface area contributed by atoms with E-state index in [0.717, 1.165) is 41.5 Å². The quantitative estimate of drug-likeness (QED) is 0.439. The Morgan fingerprint density at radius 2 is 1.75 bits per heavy atom. The van der Waals surface area contributed by atoms with E-state index in [0.29, 0.717) is 32.7 Å². The standard InChI is InChI=1S/C29H39N3O4/c1-20(2)30-27(35)31-29(25-22(13-14-23(33)26(25)29)21-10-6-5-7-11-21)28(3,4)15-9-8-12-24(34)32-16-18-36-19-17-32/h5-7,10-11,13-14,20,33H,8-9,12,15-19H2,1-4H3,(H2,30,31,35). The predicted octanol–water partition coefficient (Wildman–Crippen LogP) is 4.77. The SMILES string of the molecule is CC(C)NC(=O)NC1(C(C)(C)CCCCC(=O)N2CCOCC2)c2c(O)ccc(-c3ccccc3)c21. The van der Waals surface area contributed by atoms with Gasteiger partial charge in [0.2, 0.25) is 5.91 Å². The van der Waals surface area contributed by atoms with Crippen LogP contribution in [0.5, 0.6) is 5.75 Å². The van der Waals surface area contributed by atoms with Crippen LogP contribution in [0, 0.1) is 5.41 Å². The number of unbranched alkanes of at least 4 members (excludes halogenated alkanes) is 1. The van der Waals surface area contributed by atoms with Crippen molar-refractivity contribution < 1.29 is 19.4 Å². The molecule has 1 unspecified atom stereocenters. The van der Waals surface area contributed by atoms with Crippen molar-refractivity contribution in [2.75, 3.05) is 26.3 Å². The summed E-state index contributed by atoms with van der Waals surface area (Å²) in [6.07, 6.45) is 2.92. The Balaban J connectivity index is 1.55. The summed E-state index contributed by atoms with van der Waals surface area (Å²) in [6.45, 7) is 10.7. The second-order valence-corrected chi connectivity index (χ2v) is 10.8. The number of nitrogens with zero attached hydrogens (tertiary/aromatic N) is 1. The molecule has 1 heterocycles. The van der Waals surface area contributed by atoms with E-state index in [9.17, 15) is 14.7 Å². The maximum Gasteiger partial charge on any atom is 0.315 e. The molecule has 1 aliphatic carbocycles. The molecule has 7 heteroatoms. The average Bonchev–Trinajstić information content (AvgIpc) is 3.53. The average molecular weight is 494 g/mol. The molecule has 36 heavy (non-hydrogen) atoms. The van der Waals surface area contributed by atoms with Gasteiger partial charge in [0.05, 0.1) is 13.2 Å². The number of benzene rings is 2. The molecule has 1 fully saturated rings. The van der Waals surface area contributed by atoms with Crippen LogP contribution in [0.1, 0.15) is 64.5 Å². The van der Waals surface area contributed by atoms with Gasteiger partial charge in [-0.2, -0.15) is 0 Å². The minimum Gasteiger partial charge on any atom is -0.508 e. The third-order valence-corrected chi connectivity index (χ3v) is 7.50. The molecule has 0 spiro atoms. The van der Waals surface area contributed by atoms with Gasteiger partial charge in [0.25, 0.3) is 0 Å². The molecule has 7 nitrogen and oxygen atoms in total. The molecule has 3 N–H and O–H groups in total. The number of ether oxygens (including phenoxy) is 1. The summed E-state index contributed by atoms with van der Waals surface area (Å²) in [5.41, 5.74) is 2.64. The van der Waals surface area contributed by atoms with Crippen LogP contribution in [0.25, 0.3) is 11.1 Å². The van der Waals surface area contributed by atoms with Crippen LogP contribution in [-0.4, -0.2) is 54.3 Å². The van der Waals surface area contributed by atoms with Crippen LogP contribution in [0.4, 0.5) is 4.79 Å². The van der Waals surface area contributed by atoms with Crippen molar-refractivity contribution in [2.24, 2.45) is 5.41 Å². The molecule has 194 valence electrons. The summed E-state index contributed by atoms with van der Waals surface area (Å²) in [6, 6.07) is 13.5. The van der Waals surface area contributed by atoms with Crippen LogP contribution >= 0.6 is 0 Å². The highest BCUT2D eigenvalue weighted by Gasteiger charge is 2.64. The van der Waals surface area contributed by atoms with Gasteiger partial charge in [0.1, 0.15) is 11.3 Å². The Kier molecular flexibility index (Phi) is 7.59. The van der Waals surface area contributed by atoms with Crippen LogP contribution < -0.4 is 10.6 Å². The van der Waals surface area contributed by atoms with E-state index in [4.69, 9.17) is 4.74 Å². The molecule has 4 rings (SSSR count). The number of hydrogen-bond acceptors (Lipinski definition) is 4. The van der Waals surface area contributed by atoms with E-state index >= 15 is 0 Å². The number of amides is 3. The Bertz CT molecular complexity index is 1090. The highest BCUT2D eigenvalue weighted by atomic mass is 16.5. The molecular formula is C29H39N3O4. The first kappa shape index (κ1) is 26.0.